The number of hydrogen-bond acceptors (Lipinski definition) is 3. The Bertz CT molecular complexity index is 1030. The Balaban J connectivity index is 1.70. The van der Waals surface area contributed by atoms with Gasteiger partial charge in [0.1, 0.15) is 11.5 Å². The van der Waals surface area contributed by atoms with Crippen molar-refractivity contribution in [3.05, 3.63) is 77.6 Å². The zero-order valence-corrected chi connectivity index (χ0v) is 13.2. The van der Waals surface area contributed by atoms with Crippen LogP contribution in [0.2, 0.25) is 0 Å². The maximum atomic E-state index is 12.2. The first-order valence-electron chi connectivity index (χ1n) is 7.74. The van der Waals surface area contributed by atoms with E-state index in [2.05, 4.69) is 5.32 Å². The van der Waals surface area contributed by atoms with Crippen LogP contribution in [0.3, 0.4) is 0 Å². The largest absolute Gasteiger partial charge is 0.457 e. The molecule has 122 valence electrons. The Labute approximate surface area is 143 Å². The van der Waals surface area contributed by atoms with E-state index in [1.807, 2.05) is 30.3 Å². The lowest BCUT2D eigenvalue weighted by atomic mass is 10.1. The predicted molar refractivity (Wildman–Crippen MR) is 95.6 cm³/mol. The van der Waals surface area contributed by atoms with Crippen molar-refractivity contribution in [3.8, 4) is 11.3 Å². The zero-order valence-electron chi connectivity index (χ0n) is 13.2. The average molecular weight is 330 g/mol. The molecule has 0 unspecified atom stereocenters. The van der Waals surface area contributed by atoms with Crippen molar-refractivity contribution < 1.29 is 14.0 Å². The van der Waals surface area contributed by atoms with Crippen LogP contribution in [0, 0.1) is 0 Å². The van der Waals surface area contributed by atoms with E-state index in [1.54, 1.807) is 36.4 Å². The lowest BCUT2D eigenvalue weighted by Crippen LogP contribution is -2.10. The number of carbonyl (C=O) groups is 2. The van der Waals surface area contributed by atoms with Gasteiger partial charge in [0.2, 0.25) is 5.91 Å². The van der Waals surface area contributed by atoms with Gasteiger partial charge < -0.3 is 15.5 Å². The molecule has 2 aromatic carbocycles. The summed E-state index contributed by atoms with van der Waals surface area (Å²) in [6.07, 6.45) is 1.71. The van der Waals surface area contributed by atoms with Gasteiger partial charge >= 0.3 is 0 Å². The van der Waals surface area contributed by atoms with Crippen LogP contribution in [0.5, 0.6) is 0 Å². The molecule has 5 nitrogen and oxygen atoms in total. The Morgan fingerprint density at radius 2 is 1.88 bits per heavy atom. The fourth-order valence-electron chi connectivity index (χ4n) is 2.84. The van der Waals surface area contributed by atoms with Crippen molar-refractivity contribution >= 4 is 29.2 Å². The second kappa shape index (κ2) is 5.79. The highest BCUT2D eigenvalue weighted by Gasteiger charge is 2.23. The van der Waals surface area contributed by atoms with Gasteiger partial charge in [0.15, 0.2) is 0 Å². The molecule has 0 saturated heterocycles. The molecule has 3 aromatic rings. The SMILES string of the molecule is NC(=O)c1cccc(-c2ccc(C=C3C(=O)Nc4ccccc43)o2)c1. The highest BCUT2D eigenvalue weighted by Crippen LogP contribution is 2.33. The van der Waals surface area contributed by atoms with E-state index in [9.17, 15) is 9.59 Å². The molecule has 0 bridgehead atoms. The second-order valence-electron chi connectivity index (χ2n) is 5.70. The lowest BCUT2D eigenvalue weighted by molar-refractivity contribution is -0.110. The van der Waals surface area contributed by atoms with Crippen LogP contribution in [0.15, 0.2) is 65.1 Å². The average Bonchev–Trinajstić information content (AvgIpc) is 3.21. The molecule has 2 amide bonds. The van der Waals surface area contributed by atoms with E-state index in [0.29, 0.717) is 22.7 Å². The minimum atomic E-state index is -0.491. The van der Waals surface area contributed by atoms with E-state index in [1.165, 1.54) is 0 Å². The highest BCUT2D eigenvalue weighted by molar-refractivity contribution is 6.34. The number of nitrogens with one attached hydrogen (secondary N) is 1. The van der Waals surface area contributed by atoms with Crippen LogP contribution in [0.4, 0.5) is 5.69 Å². The summed E-state index contributed by atoms with van der Waals surface area (Å²) < 4.78 is 5.82. The maximum absolute atomic E-state index is 12.2. The first-order valence-corrected chi connectivity index (χ1v) is 7.74. The third kappa shape index (κ3) is 2.72. The smallest absolute Gasteiger partial charge is 0.256 e. The molecule has 1 aromatic heterocycles. The minimum absolute atomic E-state index is 0.158. The summed E-state index contributed by atoms with van der Waals surface area (Å²) in [6, 6.07) is 18.0. The number of hydrogen-bond donors (Lipinski definition) is 2. The number of furan rings is 1. The van der Waals surface area contributed by atoms with Crippen molar-refractivity contribution in [3.63, 3.8) is 0 Å². The number of nitrogens with two attached hydrogens (primary N) is 1. The number of rotatable bonds is 3. The third-order valence-corrected chi connectivity index (χ3v) is 4.06. The molecule has 5 heteroatoms. The van der Waals surface area contributed by atoms with Crippen LogP contribution < -0.4 is 11.1 Å². The summed E-state index contributed by atoms with van der Waals surface area (Å²) in [5.41, 5.74) is 8.67. The van der Waals surface area contributed by atoms with Crippen LogP contribution in [0.25, 0.3) is 23.0 Å². The molecule has 0 saturated carbocycles. The van der Waals surface area contributed by atoms with Crippen LogP contribution >= 0.6 is 0 Å². The van der Waals surface area contributed by atoms with Gasteiger partial charge in [-0.25, -0.2) is 0 Å². The van der Waals surface area contributed by atoms with Crippen molar-refractivity contribution in [1.29, 1.82) is 0 Å². The Kier molecular flexibility index (Phi) is 3.47. The maximum Gasteiger partial charge on any atom is 0.256 e. The Morgan fingerprint density at radius 3 is 2.72 bits per heavy atom. The van der Waals surface area contributed by atoms with Gasteiger partial charge in [-0.3, -0.25) is 9.59 Å². The molecular weight excluding hydrogens is 316 g/mol. The Morgan fingerprint density at radius 1 is 1.04 bits per heavy atom. The Hall–Kier alpha value is -3.60. The van der Waals surface area contributed by atoms with Crippen LogP contribution in [0.1, 0.15) is 21.7 Å². The van der Waals surface area contributed by atoms with Crippen LogP contribution in [-0.2, 0) is 4.79 Å². The van der Waals surface area contributed by atoms with E-state index < -0.39 is 5.91 Å². The molecule has 4 rings (SSSR count). The van der Waals surface area contributed by atoms with Gasteiger partial charge in [0.25, 0.3) is 5.91 Å². The molecule has 1 aliphatic rings. The third-order valence-electron chi connectivity index (χ3n) is 4.06. The number of primary amides is 1. The quantitative estimate of drug-likeness (QED) is 0.720. The molecule has 0 atom stereocenters. The second-order valence-corrected chi connectivity index (χ2v) is 5.70. The van der Waals surface area contributed by atoms with Crippen molar-refractivity contribution in [2.75, 3.05) is 5.32 Å². The highest BCUT2D eigenvalue weighted by atomic mass is 16.3. The van der Waals surface area contributed by atoms with E-state index in [0.717, 1.165) is 16.8 Å². The molecule has 3 N–H and O–H groups in total. The number of benzene rings is 2. The first kappa shape index (κ1) is 15.0. The first-order chi connectivity index (χ1) is 12.1. The fraction of sp³-hybridized carbons (Fsp3) is 0. The molecule has 0 radical (unpaired) electrons. The summed E-state index contributed by atoms with van der Waals surface area (Å²) in [4.78, 5) is 23.5. The monoisotopic (exact) mass is 330 g/mol. The van der Waals surface area contributed by atoms with Gasteiger partial charge in [-0.1, -0.05) is 30.3 Å². The number of para-hydroxylation sites is 1. The molecule has 1 aliphatic heterocycles. The lowest BCUT2D eigenvalue weighted by Gasteiger charge is -2.00. The summed E-state index contributed by atoms with van der Waals surface area (Å²) in [5.74, 6) is 0.507. The number of carbonyl (C=O) groups excluding carboxylic acids is 2. The number of fused-ring (bicyclic) bond motifs is 1. The van der Waals surface area contributed by atoms with Crippen LogP contribution in [-0.4, -0.2) is 11.8 Å². The van der Waals surface area contributed by atoms with Gasteiger partial charge in [-0.15, -0.1) is 0 Å². The van der Waals surface area contributed by atoms with Gasteiger partial charge in [0, 0.05) is 22.4 Å². The molecule has 25 heavy (non-hydrogen) atoms. The summed E-state index contributed by atoms with van der Waals surface area (Å²) in [5, 5.41) is 2.83. The van der Waals surface area contributed by atoms with Crippen molar-refractivity contribution in [2.45, 2.75) is 0 Å². The summed E-state index contributed by atoms with van der Waals surface area (Å²) in [7, 11) is 0. The molecule has 2 heterocycles. The predicted octanol–water partition coefficient (Wildman–Crippen LogP) is 3.54. The van der Waals surface area contributed by atoms with Crippen molar-refractivity contribution in [2.24, 2.45) is 5.73 Å². The normalized spacial score (nSPS) is 14.4. The fourth-order valence-corrected chi connectivity index (χ4v) is 2.84. The molecule has 0 aliphatic carbocycles. The van der Waals surface area contributed by atoms with Gasteiger partial charge in [-0.2, -0.15) is 0 Å². The zero-order chi connectivity index (χ0) is 17.4. The number of anilines is 1. The standard InChI is InChI=1S/C20H14N2O3/c21-19(23)13-5-3-4-12(10-13)18-9-8-14(25-18)11-16-15-6-1-2-7-17(15)22-20(16)24/h1-11H,(H2,21,23)(H,22,24). The molecule has 0 fully saturated rings. The van der Waals surface area contributed by atoms with E-state index in [4.69, 9.17) is 10.2 Å². The molecular formula is C20H14N2O3. The summed E-state index contributed by atoms with van der Waals surface area (Å²) in [6.45, 7) is 0. The van der Waals surface area contributed by atoms with Gasteiger partial charge in [0.05, 0.1) is 5.57 Å². The van der Waals surface area contributed by atoms with E-state index in [-0.39, 0.29) is 5.91 Å². The molecule has 0 spiro atoms. The summed E-state index contributed by atoms with van der Waals surface area (Å²) >= 11 is 0. The van der Waals surface area contributed by atoms with Crippen molar-refractivity contribution in [1.82, 2.24) is 0 Å². The van der Waals surface area contributed by atoms with E-state index >= 15 is 0 Å². The van der Waals surface area contributed by atoms with Gasteiger partial charge in [-0.05, 0) is 36.4 Å². The topological polar surface area (TPSA) is 85.3 Å². The minimum Gasteiger partial charge on any atom is -0.457 e. The number of amides is 2.